The molecule has 30 heavy (non-hydrogen) atoms. The maximum atomic E-state index is 13.1. The van der Waals surface area contributed by atoms with E-state index < -0.39 is 17.8 Å². The van der Waals surface area contributed by atoms with E-state index in [1.807, 2.05) is 27.7 Å². The molecule has 3 rings (SSSR count). The number of Topliss-reactive ketones (excluding diaryl/α,β-unsaturated/α-hetero) is 5. The predicted molar refractivity (Wildman–Crippen MR) is 113 cm³/mol. The zero-order valence-corrected chi connectivity index (χ0v) is 18.9. The van der Waals surface area contributed by atoms with E-state index >= 15 is 0 Å². The second-order valence-electron chi connectivity index (χ2n) is 11.5. The van der Waals surface area contributed by atoms with Crippen LogP contribution in [-0.2, 0) is 24.0 Å². The molecule has 0 spiro atoms. The van der Waals surface area contributed by atoms with E-state index in [2.05, 4.69) is 0 Å². The highest BCUT2D eigenvalue weighted by Gasteiger charge is 2.51. The van der Waals surface area contributed by atoms with Gasteiger partial charge >= 0.3 is 0 Å². The standard InChI is InChI=1S/C25H36O5/c1-24(2)11-18(27)22(19(28)12-24)16(10-9-15-7-5-6-8-17(15)26)23-20(29)13-25(3,4)14-21(23)30/h15-16,22-23H,5-14H2,1-4H3. The number of ketones is 5. The number of hydrogen-bond acceptors (Lipinski definition) is 5. The minimum absolute atomic E-state index is 0.0725. The van der Waals surface area contributed by atoms with Crippen molar-refractivity contribution in [3.8, 4) is 0 Å². The number of carbonyl (C=O) groups is 5. The maximum absolute atomic E-state index is 13.1. The Bertz CT molecular complexity index is 672. The van der Waals surface area contributed by atoms with Gasteiger partial charge in [0.25, 0.3) is 0 Å². The molecule has 3 aliphatic carbocycles. The van der Waals surface area contributed by atoms with Crippen LogP contribution >= 0.6 is 0 Å². The fourth-order valence-corrected chi connectivity index (χ4v) is 6.05. The number of rotatable bonds is 5. The van der Waals surface area contributed by atoms with E-state index in [1.54, 1.807) is 0 Å². The Morgan fingerprint density at radius 1 is 0.700 bits per heavy atom. The van der Waals surface area contributed by atoms with Crippen molar-refractivity contribution in [1.29, 1.82) is 0 Å². The van der Waals surface area contributed by atoms with Crippen LogP contribution in [0.1, 0.15) is 91.9 Å². The third-order valence-corrected chi connectivity index (χ3v) is 7.38. The molecule has 0 aliphatic heterocycles. The Morgan fingerprint density at radius 3 is 1.53 bits per heavy atom. The van der Waals surface area contributed by atoms with Gasteiger partial charge in [0.1, 0.15) is 28.9 Å². The summed E-state index contributed by atoms with van der Waals surface area (Å²) in [5.41, 5.74) is -0.756. The lowest BCUT2D eigenvalue weighted by Crippen LogP contribution is -2.49. The molecule has 0 amide bonds. The van der Waals surface area contributed by atoms with Crippen LogP contribution < -0.4 is 0 Å². The third-order valence-electron chi connectivity index (χ3n) is 7.38. The monoisotopic (exact) mass is 416 g/mol. The van der Waals surface area contributed by atoms with Gasteiger partial charge in [0.15, 0.2) is 0 Å². The van der Waals surface area contributed by atoms with Crippen molar-refractivity contribution in [3.63, 3.8) is 0 Å². The van der Waals surface area contributed by atoms with E-state index in [-0.39, 0.29) is 45.7 Å². The number of hydrogen-bond donors (Lipinski definition) is 0. The SMILES string of the molecule is CC1(C)CC(=O)C(C(CCC2CCCCC2=O)C2C(=O)CC(C)(C)CC2=O)C(=O)C1. The van der Waals surface area contributed by atoms with E-state index in [0.717, 1.165) is 19.3 Å². The topological polar surface area (TPSA) is 85.3 Å². The van der Waals surface area contributed by atoms with E-state index in [0.29, 0.717) is 44.9 Å². The molecular weight excluding hydrogens is 380 g/mol. The Morgan fingerprint density at radius 2 is 1.13 bits per heavy atom. The average Bonchev–Trinajstić information content (AvgIpc) is 2.56. The fourth-order valence-electron chi connectivity index (χ4n) is 6.05. The summed E-state index contributed by atoms with van der Waals surface area (Å²) in [4.78, 5) is 64.5. The van der Waals surface area contributed by atoms with Gasteiger partial charge < -0.3 is 0 Å². The van der Waals surface area contributed by atoms with Crippen molar-refractivity contribution in [3.05, 3.63) is 0 Å². The Kier molecular flexibility index (Phi) is 6.50. The minimum Gasteiger partial charge on any atom is -0.299 e. The van der Waals surface area contributed by atoms with Crippen molar-refractivity contribution in [1.82, 2.24) is 0 Å². The van der Waals surface area contributed by atoms with Crippen molar-refractivity contribution >= 4 is 28.9 Å². The van der Waals surface area contributed by atoms with Crippen molar-refractivity contribution < 1.29 is 24.0 Å². The molecule has 0 bridgehead atoms. The van der Waals surface area contributed by atoms with Gasteiger partial charge in [0.2, 0.25) is 0 Å². The lowest BCUT2D eigenvalue weighted by Gasteiger charge is -2.41. The molecule has 3 aliphatic rings. The summed E-state index contributed by atoms with van der Waals surface area (Å²) >= 11 is 0. The quantitative estimate of drug-likeness (QED) is 0.624. The predicted octanol–water partition coefficient (Wildman–Crippen LogP) is 4.29. The van der Waals surface area contributed by atoms with Gasteiger partial charge in [-0.2, -0.15) is 0 Å². The summed E-state index contributed by atoms with van der Waals surface area (Å²) in [7, 11) is 0. The highest BCUT2D eigenvalue weighted by molar-refractivity contribution is 6.09. The fraction of sp³-hybridized carbons (Fsp3) is 0.800. The van der Waals surface area contributed by atoms with Crippen LogP contribution in [0.5, 0.6) is 0 Å². The molecule has 3 fully saturated rings. The second-order valence-corrected chi connectivity index (χ2v) is 11.5. The molecule has 0 heterocycles. The molecule has 0 radical (unpaired) electrons. The first-order valence-electron chi connectivity index (χ1n) is 11.5. The van der Waals surface area contributed by atoms with Gasteiger partial charge in [-0.1, -0.05) is 34.1 Å². The van der Waals surface area contributed by atoms with Crippen molar-refractivity contribution in [2.24, 2.45) is 34.5 Å². The first-order valence-corrected chi connectivity index (χ1v) is 11.5. The molecule has 1 unspecified atom stereocenters. The molecule has 0 saturated heterocycles. The first-order chi connectivity index (χ1) is 13.9. The zero-order chi connectivity index (χ0) is 22.3. The van der Waals surface area contributed by atoms with E-state index in [9.17, 15) is 24.0 Å². The van der Waals surface area contributed by atoms with Crippen LogP contribution in [0.2, 0.25) is 0 Å². The first kappa shape index (κ1) is 23.0. The Labute approximate surface area is 179 Å². The van der Waals surface area contributed by atoms with Gasteiger partial charge in [-0.05, 0) is 42.4 Å². The summed E-state index contributed by atoms with van der Waals surface area (Å²) in [6, 6.07) is 0. The lowest BCUT2D eigenvalue weighted by molar-refractivity contribution is -0.148. The second kappa shape index (κ2) is 8.47. The molecule has 5 heteroatoms. The molecule has 3 saturated carbocycles. The Balaban J connectivity index is 1.87. The van der Waals surface area contributed by atoms with Gasteiger partial charge in [0.05, 0.1) is 11.8 Å². The van der Waals surface area contributed by atoms with Crippen LogP contribution in [0.25, 0.3) is 0 Å². The molecular formula is C25H36O5. The molecule has 5 nitrogen and oxygen atoms in total. The minimum atomic E-state index is -0.879. The van der Waals surface area contributed by atoms with Crippen LogP contribution in [0.3, 0.4) is 0 Å². The molecule has 0 aromatic heterocycles. The van der Waals surface area contributed by atoms with E-state index in [4.69, 9.17) is 0 Å². The van der Waals surface area contributed by atoms with Crippen LogP contribution in [0.15, 0.2) is 0 Å². The molecule has 0 N–H and O–H groups in total. The average molecular weight is 417 g/mol. The van der Waals surface area contributed by atoms with E-state index in [1.165, 1.54) is 0 Å². The normalized spacial score (nSPS) is 28.4. The van der Waals surface area contributed by atoms with Crippen molar-refractivity contribution in [2.45, 2.75) is 91.9 Å². The van der Waals surface area contributed by atoms with Gasteiger partial charge in [-0.3, -0.25) is 24.0 Å². The molecule has 0 aromatic carbocycles. The summed E-state index contributed by atoms with van der Waals surface area (Å²) in [6.07, 6.45) is 5.49. The maximum Gasteiger partial charge on any atom is 0.144 e. The summed E-state index contributed by atoms with van der Waals surface area (Å²) < 4.78 is 0. The van der Waals surface area contributed by atoms with Crippen LogP contribution in [-0.4, -0.2) is 28.9 Å². The summed E-state index contributed by atoms with van der Waals surface area (Å²) in [5, 5.41) is 0. The van der Waals surface area contributed by atoms with Crippen molar-refractivity contribution in [2.75, 3.05) is 0 Å². The smallest absolute Gasteiger partial charge is 0.144 e. The van der Waals surface area contributed by atoms with Crippen LogP contribution in [0.4, 0.5) is 0 Å². The van der Waals surface area contributed by atoms with Gasteiger partial charge in [-0.25, -0.2) is 0 Å². The van der Waals surface area contributed by atoms with Gasteiger partial charge in [0, 0.05) is 38.0 Å². The lowest BCUT2D eigenvalue weighted by atomic mass is 9.59. The van der Waals surface area contributed by atoms with Gasteiger partial charge in [-0.15, -0.1) is 0 Å². The number of carbonyl (C=O) groups excluding carboxylic acids is 5. The molecule has 166 valence electrons. The zero-order valence-electron chi connectivity index (χ0n) is 18.9. The highest BCUT2D eigenvalue weighted by atomic mass is 16.2. The molecule has 1 atom stereocenters. The van der Waals surface area contributed by atoms with Crippen LogP contribution in [0, 0.1) is 34.5 Å². The molecule has 0 aromatic rings. The summed E-state index contributed by atoms with van der Waals surface area (Å²) in [6.45, 7) is 7.64. The summed E-state index contributed by atoms with van der Waals surface area (Å²) in [5.74, 6) is -2.73. The Hall–Kier alpha value is -1.65. The third kappa shape index (κ3) is 4.97. The highest BCUT2D eigenvalue weighted by Crippen LogP contribution is 2.45. The largest absolute Gasteiger partial charge is 0.299 e.